The van der Waals surface area contributed by atoms with Gasteiger partial charge < -0.3 is 14.6 Å². The van der Waals surface area contributed by atoms with E-state index in [-0.39, 0.29) is 11.6 Å². The second kappa shape index (κ2) is 7.63. The average Bonchev–Trinajstić information content (AvgIpc) is 3.04. The number of fused-ring (bicyclic) bond motifs is 2. The van der Waals surface area contributed by atoms with Gasteiger partial charge in [0.2, 0.25) is 0 Å². The van der Waals surface area contributed by atoms with E-state index in [4.69, 9.17) is 9.72 Å². The summed E-state index contributed by atoms with van der Waals surface area (Å²) in [6.07, 6.45) is 2.13. The van der Waals surface area contributed by atoms with Gasteiger partial charge in [0.05, 0.1) is 18.0 Å². The van der Waals surface area contributed by atoms with Gasteiger partial charge in [-0.05, 0) is 57.7 Å². The third-order valence-electron chi connectivity index (χ3n) is 5.53. The van der Waals surface area contributed by atoms with Crippen LogP contribution in [0.4, 0.5) is 5.69 Å². The van der Waals surface area contributed by atoms with Crippen LogP contribution in [0.2, 0.25) is 0 Å². The van der Waals surface area contributed by atoms with Gasteiger partial charge in [-0.3, -0.25) is 4.79 Å². The molecule has 7 heteroatoms. The van der Waals surface area contributed by atoms with E-state index >= 15 is 0 Å². The molecule has 0 spiro atoms. The molecule has 1 aromatic carbocycles. The SMILES string of the molecule is CCOC(=O)c1sc2nc([C@@H](C)N3CCCc4cc(C)ccc43)[nH]c(=O)c2c1C. The first-order valence-corrected chi connectivity index (χ1v) is 10.8. The number of ether oxygens (including phenoxy) is 1. The maximum atomic E-state index is 12.8. The monoisotopic (exact) mass is 411 g/mol. The van der Waals surface area contributed by atoms with Gasteiger partial charge in [0.1, 0.15) is 15.5 Å². The van der Waals surface area contributed by atoms with E-state index in [0.717, 1.165) is 19.4 Å². The first-order valence-electron chi connectivity index (χ1n) is 9.97. The zero-order valence-electron chi connectivity index (χ0n) is 17.2. The summed E-state index contributed by atoms with van der Waals surface area (Å²) in [5, 5.41) is 0.476. The molecule has 0 saturated carbocycles. The lowest BCUT2D eigenvalue weighted by atomic mass is 9.98. The molecule has 4 rings (SSSR count). The van der Waals surface area contributed by atoms with E-state index in [1.54, 1.807) is 13.8 Å². The fourth-order valence-corrected chi connectivity index (χ4v) is 5.14. The van der Waals surface area contributed by atoms with Crippen molar-refractivity contribution in [3.8, 4) is 0 Å². The molecule has 6 nitrogen and oxygen atoms in total. The Morgan fingerprint density at radius 3 is 2.93 bits per heavy atom. The van der Waals surface area contributed by atoms with Gasteiger partial charge >= 0.3 is 5.97 Å². The zero-order valence-corrected chi connectivity index (χ0v) is 18.0. The number of nitrogens with one attached hydrogen (secondary N) is 1. The Morgan fingerprint density at radius 2 is 2.17 bits per heavy atom. The minimum atomic E-state index is -0.401. The Morgan fingerprint density at radius 1 is 1.38 bits per heavy atom. The van der Waals surface area contributed by atoms with E-state index in [1.807, 2.05) is 0 Å². The molecule has 0 amide bonds. The molecule has 1 aliphatic heterocycles. The number of anilines is 1. The van der Waals surface area contributed by atoms with Crippen molar-refractivity contribution in [1.29, 1.82) is 0 Å². The molecular formula is C22H25N3O3S. The number of nitrogens with zero attached hydrogens (tertiary/aromatic N) is 2. The van der Waals surface area contributed by atoms with E-state index in [9.17, 15) is 9.59 Å². The largest absolute Gasteiger partial charge is 0.462 e. The number of benzene rings is 1. The first-order chi connectivity index (χ1) is 13.9. The summed E-state index contributed by atoms with van der Waals surface area (Å²) in [7, 11) is 0. The Hall–Kier alpha value is -2.67. The van der Waals surface area contributed by atoms with Crippen LogP contribution in [0.1, 0.15) is 58.5 Å². The summed E-state index contributed by atoms with van der Waals surface area (Å²) >= 11 is 1.23. The van der Waals surface area contributed by atoms with E-state index in [0.29, 0.717) is 33.1 Å². The maximum absolute atomic E-state index is 12.8. The number of carbonyl (C=O) groups excluding carboxylic acids is 1. The Labute approximate surface area is 173 Å². The summed E-state index contributed by atoms with van der Waals surface area (Å²) < 4.78 is 5.12. The normalized spacial score (nSPS) is 14.7. The van der Waals surface area contributed by atoms with Crippen LogP contribution in [0.25, 0.3) is 10.2 Å². The van der Waals surface area contributed by atoms with Gasteiger partial charge in [0.25, 0.3) is 5.56 Å². The van der Waals surface area contributed by atoms with Gasteiger partial charge in [0, 0.05) is 12.2 Å². The fraction of sp³-hybridized carbons (Fsp3) is 0.409. The number of thiophene rings is 1. The highest BCUT2D eigenvalue weighted by Gasteiger charge is 2.26. The minimum Gasteiger partial charge on any atom is -0.462 e. The number of carbonyl (C=O) groups is 1. The highest BCUT2D eigenvalue weighted by Crippen LogP contribution is 2.34. The van der Waals surface area contributed by atoms with Gasteiger partial charge in [-0.1, -0.05) is 17.7 Å². The molecule has 0 fully saturated rings. The molecule has 0 aliphatic carbocycles. The van der Waals surface area contributed by atoms with Crippen molar-refractivity contribution in [2.45, 2.75) is 46.6 Å². The lowest BCUT2D eigenvalue weighted by Crippen LogP contribution is -2.34. The summed E-state index contributed by atoms with van der Waals surface area (Å²) in [6, 6.07) is 6.44. The third kappa shape index (κ3) is 3.44. The summed E-state index contributed by atoms with van der Waals surface area (Å²) in [4.78, 5) is 36.1. The van der Waals surface area contributed by atoms with Crippen LogP contribution in [-0.4, -0.2) is 29.1 Å². The predicted octanol–water partition coefficient (Wildman–Crippen LogP) is 4.29. The maximum Gasteiger partial charge on any atom is 0.348 e. The van der Waals surface area contributed by atoms with E-state index < -0.39 is 5.97 Å². The van der Waals surface area contributed by atoms with Crippen molar-refractivity contribution in [2.24, 2.45) is 0 Å². The van der Waals surface area contributed by atoms with Crippen LogP contribution < -0.4 is 10.5 Å². The molecule has 0 unspecified atom stereocenters. The molecular weight excluding hydrogens is 386 g/mol. The molecule has 2 aromatic heterocycles. The van der Waals surface area contributed by atoms with E-state index in [1.165, 1.54) is 28.2 Å². The second-order valence-corrected chi connectivity index (χ2v) is 8.51. The molecule has 3 aromatic rings. The van der Waals surface area contributed by atoms with Crippen LogP contribution in [0.5, 0.6) is 0 Å². The quantitative estimate of drug-likeness (QED) is 0.648. The van der Waals surface area contributed by atoms with Crippen LogP contribution in [-0.2, 0) is 11.2 Å². The smallest absolute Gasteiger partial charge is 0.348 e. The Balaban J connectivity index is 1.75. The molecule has 152 valence electrons. The molecule has 3 heterocycles. The number of aryl methyl sites for hydroxylation is 3. The van der Waals surface area contributed by atoms with Gasteiger partial charge in [0.15, 0.2) is 0 Å². The van der Waals surface area contributed by atoms with E-state index in [2.05, 4.69) is 41.9 Å². The van der Waals surface area contributed by atoms with Crippen molar-refractivity contribution < 1.29 is 9.53 Å². The number of aromatic amines is 1. The molecule has 0 bridgehead atoms. The summed E-state index contributed by atoms with van der Waals surface area (Å²) in [5.74, 6) is 0.218. The number of hydrogen-bond donors (Lipinski definition) is 1. The lowest BCUT2D eigenvalue weighted by Gasteiger charge is -2.35. The molecule has 0 radical (unpaired) electrons. The molecule has 1 aliphatic rings. The summed E-state index contributed by atoms with van der Waals surface area (Å²) in [6.45, 7) is 8.92. The van der Waals surface area contributed by atoms with Gasteiger partial charge in [-0.25, -0.2) is 9.78 Å². The van der Waals surface area contributed by atoms with Crippen LogP contribution in [0, 0.1) is 13.8 Å². The van der Waals surface area contributed by atoms with Crippen molar-refractivity contribution in [2.75, 3.05) is 18.1 Å². The first kappa shape index (κ1) is 19.6. The number of hydrogen-bond acceptors (Lipinski definition) is 6. The minimum absolute atomic E-state index is 0.0812. The highest BCUT2D eigenvalue weighted by atomic mass is 32.1. The number of H-pyrrole nitrogens is 1. The summed E-state index contributed by atoms with van der Waals surface area (Å²) in [5.41, 5.74) is 4.22. The Kier molecular flexibility index (Phi) is 5.17. The van der Waals surface area contributed by atoms with Gasteiger partial charge in [-0.2, -0.15) is 0 Å². The molecule has 29 heavy (non-hydrogen) atoms. The van der Waals surface area contributed by atoms with Crippen molar-refractivity contribution in [3.05, 3.63) is 55.9 Å². The number of aromatic nitrogens is 2. The number of esters is 1. The van der Waals surface area contributed by atoms with Gasteiger partial charge in [-0.15, -0.1) is 11.3 Å². The van der Waals surface area contributed by atoms with Crippen molar-refractivity contribution in [3.63, 3.8) is 0 Å². The molecule has 0 saturated heterocycles. The second-order valence-electron chi connectivity index (χ2n) is 7.51. The standard InChI is InChI=1S/C22H25N3O3S/c1-5-28-22(27)18-13(3)17-20(26)23-19(24-21(17)29-18)14(4)25-10-6-7-15-11-12(2)8-9-16(15)25/h8-9,11,14H,5-7,10H2,1-4H3,(H,23,24,26)/t14-/m1/s1. The third-order valence-corrected chi connectivity index (χ3v) is 6.70. The molecule has 1 atom stereocenters. The highest BCUT2D eigenvalue weighted by molar-refractivity contribution is 7.20. The average molecular weight is 412 g/mol. The fourth-order valence-electron chi connectivity index (χ4n) is 4.05. The van der Waals surface area contributed by atoms with Crippen LogP contribution in [0.15, 0.2) is 23.0 Å². The molecule has 1 N–H and O–H groups in total. The predicted molar refractivity (Wildman–Crippen MR) is 116 cm³/mol. The topological polar surface area (TPSA) is 75.3 Å². The van der Waals surface area contributed by atoms with Crippen LogP contribution in [0.3, 0.4) is 0 Å². The van der Waals surface area contributed by atoms with Crippen molar-refractivity contribution >= 4 is 33.2 Å². The Bertz CT molecular complexity index is 1150. The van der Waals surface area contributed by atoms with Crippen LogP contribution >= 0.6 is 11.3 Å². The van der Waals surface area contributed by atoms with Crippen molar-refractivity contribution in [1.82, 2.24) is 9.97 Å². The number of rotatable bonds is 4. The lowest BCUT2D eigenvalue weighted by molar-refractivity contribution is 0.0531. The zero-order chi connectivity index (χ0) is 20.7.